The number of unbranched alkanes of at least 4 members (excludes halogenated alkanes) is 6. The van der Waals surface area contributed by atoms with Gasteiger partial charge in [-0.15, -0.1) is 0 Å². The molecule has 2 heteroatoms. The van der Waals surface area contributed by atoms with Crippen LogP contribution < -0.4 is 5.32 Å². The van der Waals surface area contributed by atoms with Gasteiger partial charge in [0, 0.05) is 6.04 Å². The Morgan fingerprint density at radius 2 is 1.60 bits per heavy atom. The van der Waals surface area contributed by atoms with Gasteiger partial charge in [0.15, 0.2) is 0 Å². The molecule has 1 N–H and O–H groups in total. The van der Waals surface area contributed by atoms with Gasteiger partial charge < -0.3 is 10.2 Å². The first-order valence-electron chi connectivity index (χ1n) is 9.36. The molecular weight excluding hydrogens is 244 g/mol. The molecular formula is C18H36N2. The minimum absolute atomic E-state index is 0.928. The van der Waals surface area contributed by atoms with E-state index in [1.165, 1.54) is 96.8 Å². The van der Waals surface area contributed by atoms with E-state index in [4.69, 9.17) is 0 Å². The summed E-state index contributed by atoms with van der Waals surface area (Å²) < 4.78 is 0. The fourth-order valence-corrected chi connectivity index (χ4v) is 4.16. The number of likely N-dealkylation sites (tertiary alicyclic amines) is 1. The van der Waals surface area contributed by atoms with E-state index in [1.54, 1.807) is 0 Å². The summed E-state index contributed by atoms with van der Waals surface area (Å²) in [6, 6.07) is 0.928. The molecule has 0 aromatic rings. The predicted molar refractivity (Wildman–Crippen MR) is 88.2 cm³/mol. The molecule has 2 saturated heterocycles. The topological polar surface area (TPSA) is 15.3 Å². The molecule has 0 spiro atoms. The Balaban J connectivity index is 1.57. The third-order valence-corrected chi connectivity index (χ3v) is 5.39. The first kappa shape index (κ1) is 16.3. The summed E-state index contributed by atoms with van der Waals surface area (Å²) in [5, 5.41) is 3.51. The second kappa shape index (κ2) is 9.78. The number of rotatable bonds is 9. The zero-order valence-corrected chi connectivity index (χ0v) is 13.7. The van der Waals surface area contributed by atoms with Crippen molar-refractivity contribution in [1.29, 1.82) is 0 Å². The van der Waals surface area contributed by atoms with E-state index in [-0.39, 0.29) is 0 Å². The molecule has 0 bridgehead atoms. The third-order valence-electron chi connectivity index (χ3n) is 5.39. The number of hydrogen-bond acceptors (Lipinski definition) is 2. The molecule has 20 heavy (non-hydrogen) atoms. The number of nitrogens with zero attached hydrogens (tertiary/aromatic N) is 1. The lowest BCUT2D eigenvalue weighted by atomic mass is 9.88. The van der Waals surface area contributed by atoms with E-state index < -0.39 is 0 Å². The number of hydrogen-bond donors (Lipinski definition) is 1. The molecule has 1 unspecified atom stereocenters. The Hall–Kier alpha value is -0.0800. The van der Waals surface area contributed by atoms with E-state index >= 15 is 0 Å². The summed E-state index contributed by atoms with van der Waals surface area (Å²) in [5.74, 6) is 0.989. The van der Waals surface area contributed by atoms with Crippen molar-refractivity contribution in [2.24, 2.45) is 5.92 Å². The van der Waals surface area contributed by atoms with Gasteiger partial charge in [0.05, 0.1) is 0 Å². The highest BCUT2D eigenvalue weighted by atomic mass is 15.2. The molecule has 1 atom stereocenters. The molecule has 0 amide bonds. The second-order valence-corrected chi connectivity index (χ2v) is 6.95. The van der Waals surface area contributed by atoms with Crippen molar-refractivity contribution in [2.75, 3.05) is 26.2 Å². The highest BCUT2D eigenvalue weighted by Gasteiger charge is 2.31. The minimum Gasteiger partial charge on any atom is -0.317 e. The van der Waals surface area contributed by atoms with Crippen LogP contribution in [0.1, 0.15) is 77.6 Å². The van der Waals surface area contributed by atoms with Crippen LogP contribution in [-0.2, 0) is 0 Å². The zero-order chi connectivity index (χ0) is 14.0. The Labute approximate surface area is 126 Å². The molecule has 2 heterocycles. The van der Waals surface area contributed by atoms with E-state index in [0.717, 1.165) is 12.0 Å². The second-order valence-electron chi connectivity index (χ2n) is 6.95. The standard InChI is InChI=1S/C18H36N2/c1-2-3-4-5-6-7-8-15-20-16-9-10-18(20)17-11-13-19-14-12-17/h17-19H,2-16H2,1H3. The van der Waals surface area contributed by atoms with Gasteiger partial charge in [-0.05, 0) is 64.2 Å². The van der Waals surface area contributed by atoms with Crippen molar-refractivity contribution in [3.8, 4) is 0 Å². The largest absolute Gasteiger partial charge is 0.317 e. The molecule has 0 saturated carbocycles. The number of piperidine rings is 1. The van der Waals surface area contributed by atoms with Crippen molar-refractivity contribution < 1.29 is 0 Å². The molecule has 0 aromatic carbocycles. The summed E-state index contributed by atoms with van der Waals surface area (Å²) in [6.07, 6.45) is 15.8. The fourth-order valence-electron chi connectivity index (χ4n) is 4.16. The highest BCUT2D eigenvalue weighted by molar-refractivity contribution is 4.87. The van der Waals surface area contributed by atoms with Gasteiger partial charge in [0.25, 0.3) is 0 Å². The van der Waals surface area contributed by atoms with Crippen LogP contribution in [0.4, 0.5) is 0 Å². The first-order chi connectivity index (χ1) is 9.92. The third kappa shape index (κ3) is 5.37. The predicted octanol–water partition coefficient (Wildman–Crippen LogP) is 4.20. The Morgan fingerprint density at radius 1 is 0.900 bits per heavy atom. The number of nitrogens with one attached hydrogen (secondary N) is 1. The smallest absolute Gasteiger partial charge is 0.0125 e. The molecule has 0 aromatic heterocycles. The molecule has 118 valence electrons. The average molecular weight is 281 g/mol. The van der Waals surface area contributed by atoms with Gasteiger partial charge in [-0.3, -0.25) is 0 Å². The molecule has 2 aliphatic rings. The quantitative estimate of drug-likeness (QED) is 0.637. The van der Waals surface area contributed by atoms with Gasteiger partial charge in [0.1, 0.15) is 0 Å². The Bertz CT molecular complexity index is 236. The van der Waals surface area contributed by atoms with Crippen LogP contribution in [-0.4, -0.2) is 37.1 Å². The summed E-state index contributed by atoms with van der Waals surface area (Å²) in [6.45, 7) is 7.57. The first-order valence-corrected chi connectivity index (χ1v) is 9.36. The maximum atomic E-state index is 3.51. The summed E-state index contributed by atoms with van der Waals surface area (Å²) in [5.41, 5.74) is 0. The molecule has 2 fully saturated rings. The lowest BCUT2D eigenvalue weighted by Gasteiger charge is -2.34. The maximum absolute atomic E-state index is 3.51. The van der Waals surface area contributed by atoms with Crippen LogP contribution in [0.25, 0.3) is 0 Å². The van der Waals surface area contributed by atoms with E-state index in [9.17, 15) is 0 Å². The highest BCUT2D eigenvalue weighted by Crippen LogP contribution is 2.29. The summed E-state index contributed by atoms with van der Waals surface area (Å²) in [4.78, 5) is 2.84. The monoisotopic (exact) mass is 280 g/mol. The average Bonchev–Trinajstić information content (AvgIpc) is 2.96. The van der Waals surface area contributed by atoms with Crippen molar-refractivity contribution in [3.63, 3.8) is 0 Å². The van der Waals surface area contributed by atoms with Crippen LogP contribution in [0.5, 0.6) is 0 Å². The lowest BCUT2D eigenvalue weighted by Crippen LogP contribution is -2.41. The fraction of sp³-hybridized carbons (Fsp3) is 1.00. The van der Waals surface area contributed by atoms with Crippen LogP contribution in [0.15, 0.2) is 0 Å². The maximum Gasteiger partial charge on any atom is 0.0125 e. The zero-order valence-electron chi connectivity index (χ0n) is 13.7. The van der Waals surface area contributed by atoms with Gasteiger partial charge in [-0.2, -0.15) is 0 Å². The van der Waals surface area contributed by atoms with Gasteiger partial charge >= 0.3 is 0 Å². The normalized spacial score (nSPS) is 25.4. The molecule has 2 aliphatic heterocycles. The molecule has 0 aliphatic carbocycles. The molecule has 2 rings (SSSR count). The van der Waals surface area contributed by atoms with E-state index in [0.29, 0.717) is 0 Å². The SMILES string of the molecule is CCCCCCCCCN1CCCC1C1CCNCC1. The van der Waals surface area contributed by atoms with Gasteiger partial charge in [0.2, 0.25) is 0 Å². The Kier molecular flexibility index (Phi) is 7.97. The van der Waals surface area contributed by atoms with Crippen LogP contribution in [0.2, 0.25) is 0 Å². The van der Waals surface area contributed by atoms with Crippen LogP contribution in [0, 0.1) is 5.92 Å². The van der Waals surface area contributed by atoms with Crippen molar-refractivity contribution >= 4 is 0 Å². The van der Waals surface area contributed by atoms with Crippen molar-refractivity contribution in [2.45, 2.75) is 83.6 Å². The van der Waals surface area contributed by atoms with E-state index in [2.05, 4.69) is 17.1 Å². The van der Waals surface area contributed by atoms with Crippen molar-refractivity contribution in [1.82, 2.24) is 10.2 Å². The molecule has 0 radical (unpaired) electrons. The summed E-state index contributed by atoms with van der Waals surface area (Å²) >= 11 is 0. The molecule has 2 nitrogen and oxygen atoms in total. The minimum atomic E-state index is 0.928. The van der Waals surface area contributed by atoms with Gasteiger partial charge in [-0.25, -0.2) is 0 Å². The summed E-state index contributed by atoms with van der Waals surface area (Å²) in [7, 11) is 0. The lowest BCUT2D eigenvalue weighted by molar-refractivity contribution is 0.160. The van der Waals surface area contributed by atoms with Crippen molar-refractivity contribution in [3.05, 3.63) is 0 Å². The van der Waals surface area contributed by atoms with Crippen LogP contribution >= 0.6 is 0 Å². The van der Waals surface area contributed by atoms with Gasteiger partial charge in [-0.1, -0.05) is 45.4 Å². The van der Waals surface area contributed by atoms with Crippen LogP contribution in [0.3, 0.4) is 0 Å². The van der Waals surface area contributed by atoms with E-state index in [1.807, 2.05) is 0 Å². The Morgan fingerprint density at radius 3 is 2.35 bits per heavy atom.